The molecule has 0 aliphatic rings. The van der Waals surface area contributed by atoms with Gasteiger partial charge in [-0.2, -0.15) is 0 Å². The first-order valence-corrected chi connectivity index (χ1v) is 6.97. The van der Waals surface area contributed by atoms with Crippen LogP contribution in [0.15, 0.2) is 24.3 Å². The SMILES string of the molecule is COc1ccc(NC(=O)C[C@H](NCCN(C)C)C(=O)O)cc1. The van der Waals surface area contributed by atoms with E-state index in [9.17, 15) is 9.59 Å². The topological polar surface area (TPSA) is 90.9 Å². The summed E-state index contributed by atoms with van der Waals surface area (Å²) in [5.41, 5.74) is 0.600. The van der Waals surface area contributed by atoms with Crippen LogP contribution in [0.4, 0.5) is 5.69 Å². The fourth-order valence-electron chi connectivity index (χ4n) is 1.78. The summed E-state index contributed by atoms with van der Waals surface area (Å²) in [5.74, 6) is -0.703. The first-order valence-electron chi connectivity index (χ1n) is 6.97. The highest BCUT2D eigenvalue weighted by Crippen LogP contribution is 2.15. The molecule has 3 N–H and O–H groups in total. The maximum Gasteiger partial charge on any atom is 0.321 e. The van der Waals surface area contributed by atoms with Crippen molar-refractivity contribution < 1.29 is 19.4 Å². The van der Waals surface area contributed by atoms with E-state index < -0.39 is 12.0 Å². The lowest BCUT2D eigenvalue weighted by Gasteiger charge is -2.16. The second kappa shape index (κ2) is 9.01. The second-order valence-corrected chi connectivity index (χ2v) is 5.13. The van der Waals surface area contributed by atoms with Crippen molar-refractivity contribution in [1.82, 2.24) is 10.2 Å². The highest BCUT2D eigenvalue weighted by Gasteiger charge is 2.20. The number of ether oxygens (including phenoxy) is 1. The van der Waals surface area contributed by atoms with Gasteiger partial charge in [0.1, 0.15) is 11.8 Å². The summed E-state index contributed by atoms with van der Waals surface area (Å²) < 4.78 is 5.03. The van der Waals surface area contributed by atoms with Gasteiger partial charge in [-0.3, -0.25) is 9.59 Å². The number of anilines is 1. The van der Waals surface area contributed by atoms with Crippen LogP contribution in [-0.2, 0) is 9.59 Å². The van der Waals surface area contributed by atoms with Gasteiger partial charge in [0, 0.05) is 18.8 Å². The van der Waals surface area contributed by atoms with E-state index in [2.05, 4.69) is 10.6 Å². The van der Waals surface area contributed by atoms with E-state index in [1.54, 1.807) is 31.4 Å². The highest BCUT2D eigenvalue weighted by molar-refractivity contribution is 5.94. The van der Waals surface area contributed by atoms with Gasteiger partial charge in [0.2, 0.25) is 5.91 Å². The number of nitrogens with zero attached hydrogens (tertiary/aromatic N) is 1. The third kappa shape index (κ3) is 6.55. The third-order valence-electron chi connectivity index (χ3n) is 3.01. The molecule has 0 heterocycles. The number of hydrogen-bond acceptors (Lipinski definition) is 5. The van der Waals surface area contributed by atoms with Gasteiger partial charge in [-0.25, -0.2) is 0 Å². The van der Waals surface area contributed by atoms with E-state index in [1.165, 1.54) is 0 Å². The van der Waals surface area contributed by atoms with Crippen LogP contribution in [0.3, 0.4) is 0 Å². The number of methoxy groups -OCH3 is 1. The molecule has 0 aromatic heterocycles. The molecule has 1 amide bonds. The van der Waals surface area contributed by atoms with Gasteiger partial charge in [0.25, 0.3) is 0 Å². The predicted molar refractivity (Wildman–Crippen MR) is 84.2 cm³/mol. The van der Waals surface area contributed by atoms with E-state index in [1.807, 2.05) is 19.0 Å². The number of amides is 1. The van der Waals surface area contributed by atoms with Crippen LogP contribution in [0.2, 0.25) is 0 Å². The number of carbonyl (C=O) groups excluding carboxylic acids is 1. The van der Waals surface area contributed by atoms with Crippen LogP contribution in [0.5, 0.6) is 5.75 Å². The monoisotopic (exact) mass is 309 g/mol. The molecule has 1 aromatic carbocycles. The molecular weight excluding hydrogens is 286 g/mol. The zero-order chi connectivity index (χ0) is 16.5. The number of likely N-dealkylation sites (N-methyl/N-ethyl adjacent to an activating group) is 1. The fourth-order valence-corrected chi connectivity index (χ4v) is 1.78. The zero-order valence-corrected chi connectivity index (χ0v) is 13.1. The molecule has 22 heavy (non-hydrogen) atoms. The number of aliphatic carboxylic acids is 1. The number of rotatable bonds is 9. The Balaban J connectivity index is 2.49. The molecule has 1 atom stereocenters. The molecule has 0 fully saturated rings. The lowest BCUT2D eigenvalue weighted by atomic mass is 10.2. The lowest BCUT2D eigenvalue weighted by Crippen LogP contribution is -2.42. The van der Waals surface area contributed by atoms with Gasteiger partial charge in [0.15, 0.2) is 0 Å². The summed E-state index contributed by atoms with van der Waals surface area (Å²) in [6, 6.07) is 5.94. The standard InChI is InChI=1S/C15H23N3O4/c1-18(2)9-8-16-13(15(20)21)10-14(19)17-11-4-6-12(22-3)7-5-11/h4-7,13,16H,8-10H2,1-3H3,(H,17,19)(H,20,21)/t13-/m0/s1. The predicted octanol–water partition coefficient (Wildman–Crippen LogP) is 0.628. The Labute approximate surface area is 130 Å². The van der Waals surface area contributed by atoms with E-state index >= 15 is 0 Å². The minimum Gasteiger partial charge on any atom is -0.497 e. The molecule has 0 saturated carbocycles. The Morgan fingerprint density at radius 2 is 1.91 bits per heavy atom. The van der Waals surface area contributed by atoms with Crippen molar-refractivity contribution in [3.05, 3.63) is 24.3 Å². The van der Waals surface area contributed by atoms with Crippen molar-refractivity contribution in [2.75, 3.05) is 39.6 Å². The number of hydrogen-bond donors (Lipinski definition) is 3. The molecule has 7 nitrogen and oxygen atoms in total. The third-order valence-corrected chi connectivity index (χ3v) is 3.01. The molecule has 0 radical (unpaired) electrons. The summed E-state index contributed by atoms with van der Waals surface area (Å²) >= 11 is 0. The van der Waals surface area contributed by atoms with E-state index in [0.717, 1.165) is 0 Å². The fraction of sp³-hybridized carbons (Fsp3) is 0.467. The summed E-state index contributed by atoms with van der Waals surface area (Å²) in [6.45, 7) is 1.20. The maximum absolute atomic E-state index is 11.9. The number of benzene rings is 1. The van der Waals surface area contributed by atoms with Crippen molar-refractivity contribution in [2.24, 2.45) is 0 Å². The van der Waals surface area contributed by atoms with Crippen LogP contribution in [0.25, 0.3) is 0 Å². The van der Waals surface area contributed by atoms with Crippen molar-refractivity contribution in [3.63, 3.8) is 0 Å². The summed E-state index contributed by atoms with van der Waals surface area (Å²) in [6.07, 6.45) is -0.130. The molecule has 0 saturated heterocycles. The Morgan fingerprint density at radius 1 is 1.27 bits per heavy atom. The van der Waals surface area contributed by atoms with Crippen LogP contribution in [-0.4, -0.2) is 62.2 Å². The van der Waals surface area contributed by atoms with Gasteiger partial charge >= 0.3 is 5.97 Å². The van der Waals surface area contributed by atoms with Gasteiger partial charge in [-0.05, 0) is 38.4 Å². The Kier molecular flexibility index (Phi) is 7.34. The molecule has 7 heteroatoms. The number of carboxylic acids is 1. The molecule has 0 unspecified atom stereocenters. The summed E-state index contributed by atoms with van der Waals surface area (Å²) in [5, 5.41) is 14.7. The lowest BCUT2D eigenvalue weighted by molar-refractivity contribution is -0.141. The number of nitrogens with one attached hydrogen (secondary N) is 2. The molecule has 1 rings (SSSR count). The maximum atomic E-state index is 11.9. The average molecular weight is 309 g/mol. The quantitative estimate of drug-likeness (QED) is 0.620. The van der Waals surface area contributed by atoms with Crippen molar-refractivity contribution in [3.8, 4) is 5.75 Å². The Hall–Kier alpha value is -2.12. The molecule has 0 aliphatic carbocycles. The smallest absolute Gasteiger partial charge is 0.321 e. The molecule has 1 aromatic rings. The Morgan fingerprint density at radius 3 is 2.41 bits per heavy atom. The molecular formula is C15H23N3O4. The normalized spacial score (nSPS) is 12.0. The minimum atomic E-state index is -1.04. The first-order chi connectivity index (χ1) is 10.4. The molecule has 122 valence electrons. The van der Waals surface area contributed by atoms with Gasteiger partial charge in [0.05, 0.1) is 13.5 Å². The van der Waals surface area contributed by atoms with E-state index in [0.29, 0.717) is 24.5 Å². The van der Waals surface area contributed by atoms with Crippen LogP contribution < -0.4 is 15.4 Å². The first kappa shape index (κ1) is 17.9. The molecule has 0 aliphatic heterocycles. The van der Waals surface area contributed by atoms with Crippen LogP contribution in [0, 0.1) is 0 Å². The average Bonchev–Trinajstić information content (AvgIpc) is 2.46. The zero-order valence-electron chi connectivity index (χ0n) is 13.1. The number of carboxylic acid groups (broad SMARTS) is 1. The van der Waals surface area contributed by atoms with Crippen molar-refractivity contribution >= 4 is 17.6 Å². The van der Waals surface area contributed by atoms with Gasteiger partial charge in [-0.1, -0.05) is 0 Å². The highest BCUT2D eigenvalue weighted by atomic mass is 16.5. The summed E-state index contributed by atoms with van der Waals surface area (Å²) in [7, 11) is 5.35. The van der Waals surface area contributed by atoms with Gasteiger partial charge < -0.3 is 25.4 Å². The van der Waals surface area contributed by atoms with Crippen molar-refractivity contribution in [2.45, 2.75) is 12.5 Å². The van der Waals surface area contributed by atoms with Crippen molar-refractivity contribution in [1.29, 1.82) is 0 Å². The van der Waals surface area contributed by atoms with Gasteiger partial charge in [-0.15, -0.1) is 0 Å². The van der Waals surface area contributed by atoms with E-state index in [4.69, 9.17) is 9.84 Å². The summed E-state index contributed by atoms with van der Waals surface area (Å²) in [4.78, 5) is 25.0. The Bertz CT molecular complexity index is 488. The van der Waals surface area contributed by atoms with Crippen LogP contribution >= 0.6 is 0 Å². The van der Waals surface area contributed by atoms with Crippen LogP contribution in [0.1, 0.15) is 6.42 Å². The molecule has 0 bridgehead atoms. The minimum absolute atomic E-state index is 0.130. The molecule has 0 spiro atoms. The van der Waals surface area contributed by atoms with E-state index in [-0.39, 0.29) is 12.3 Å². The second-order valence-electron chi connectivity index (χ2n) is 5.13. The number of carbonyl (C=O) groups is 2. The largest absolute Gasteiger partial charge is 0.497 e.